The number of halogens is 1. The summed E-state index contributed by atoms with van der Waals surface area (Å²) in [6, 6.07) is 8.54. The number of amides is 2. The van der Waals surface area contributed by atoms with Gasteiger partial charge in [0.05, 0.1) is 26.2 Å². The van der Waals surface area contributed by atoms with Gasteiger partial charge in [-0.2, -0.15) is 5.21 Å². The summed E-state index contributed by atoms with van der Waals surface area (Å²) in [7, 11) is 3.02. The molecule has 13 heteroatoms. The van der Waals surface area contributed by atoms with Crippen LogP contribution in [0.25, 0.3) is 11.4 Å². The maximum atomic E-state index is 14.7. The van der Waals surface area contributed by atoms with E-state index in [4.69, 9.17) is 20.6 Å². The first kappa shape index (κ1) is 29.4. The third-order valence-electron chi connectivity index (χ3n) is 7.31. The Balaban J connectivity index is 1.52. The van der Waals surface area contributed by atoms with Crippen molar-refractivity contribution in [2.45, 2.75) is 57.5 Å². The molecular weight excluding hydrogens is 531 g/mol. The lowest BCUT2D eigenvalue weighted by molar-refractivity contribution is -0.136. The maximum absolute atomic E-state index is 14.7. The number of benzene rings is 2. The maximum Gasteiger partial charge on any atom is 0.243 e. The Bertz CT molecular complexity index is 1360. The molecule has 0 bridgehead atoms. The van der Waals surface area contributed by atoms with Crippen LogP contribution in [-0.2, 0) is 22.6 Å². The predicted molar refractivity (Wildman–Crippen MR) is 148 cm³/mol. The quantitative estimate of drug-likeness (QED) is 0.203. The smallest absolute Gasteiger partial charge is 0.243 e. The molecule has 1 atom stereocenters. The highest BCUT2D eigenvalue weighted by Crippen LogP contribution is 2.30. The van der Waals surface area contributed by atoms with Gasteiger partial charge in [-0.1, -0.05) is 44.2 Å². The van der Waals surface area contributed by atoms with Crippen LogP contribution in [0.1, 0.15) is 49.7 Å². The Morgan fingerprint density at radius 3 is 2.49 bits per heavy atom. The number of carbonyl (C=O) groups excluding carboxylic acids is 2. The van der Waals surface area contributed by atoms with Gasteiger partial charge >= 0.3 is 0 Å². The monoisotopic (exact) mass is 566 g/mol. The molecule has 4 rings (SSSR count). The van der Waals surface area contributed by atoms with Gasteiger partial charge in [0.2, 0.25) is 17.6 Å². The standard InChI is InChI=1S/C28H35FN8O4/c1-40-23-11-9-18(14-24(23)41-2)15-25(38)37(28(30)31)22(13-17-6-4-3-5-7-17)27(39)32-16-19-8-10-20(21(29)12-19)26-33-35-36-34-26/h8-12,14,17,22H,3-7,13,15-16H2,1-2H3,(H3,30,31)(H,32,39)(H,33,34,35,36)/t22-/m1/s1. The van der Waals surface area contributed by atoms with Crippen LogP contribution in [0.4, 0.5) is 4.39 Å². The number of nitrogens with one attached hydrogen (secondary N) is 3. The van der Waals surface area contributed by atoms with Crippen molar-refractivity contribution in [3.05, 3.63) is 53.3 Å². The van der Waals surface area contributed by atoms with E-state index in [0.717, 1.165) is 37.0 Å². The summed E-state index contributed by atoms with van der Waals surface area (Å²) in [5.41, 5.74) is 7.22. The number of rotatable bonds is 11. The largest absolute Gasteiger partial charge is 0.493 e. The number of tetrazole rings is 1. The number of aromatic amines is 1. The average molecular weight is 567 g/mol. The Hall–Kier alpha value is -4.55. The molecule has 2 aromatic carbocycles. The van der Waals surface area contributed by atoms with Crippen molar-refractivity contribution >= 4 is 17.8 Å². The topological polar surface area (TPSA) is 172 Å². The van der Waals surface area contributed by atoms with Crippen molar-refractivity contribution < 1.29 is 23.5 Å². The molecule has 0 aliphatic heterocycles. The van der Waals surface area contributed by atoms with Crippen LogP contribution < -0.4 is 20.5 Å². The van der Waals surface area contributed by atoms with Crippen molar-refractivity contribution in [3.8, 4) is 22.9 Å². The van der Waals surface area contributed by atoms with Gasteiger partial charge < -0.3 is 20.5 Å². The number of hydrogen-bond acceptors (Lipinski definition) is 8. The minimum atomic E-state index is -0.994. The van der Waals surface area contributed by atoms with Gasteiger partial charge in [0.25, 0.3) is 0 Å². The molecule has 1 saturated carbocycles. The minimum Gasteiger partial charge on any atom is -0.493 e. The van der Waals surface area contributed by atoms with Gasteiger partial charge in [-0.15, -0.1) is 10.2 Å². The zero-order valence-corrected chi connectivity index (χ0v) is 23.2. The van der Waals surface area contributed by atoms with Crippen LogP contribution in [0.2, 0.25) is 0 Å². The van der Waals surface area contributed by atoms with E-state index >= 15 is 0 Å². The fourth-order valence-corrected chi connectivity index (χ4v) is 5.23. The highest BCUT2D eigenvalue weighted by atomic mass is 19.1. The lowest BCUT2D eigenvalue weighted by Gasteiger charge is -2.33. The summed E-state index contributed by atoms with van der Waals surface area (Å²) in [4.78, 5) is 28.2. The summed E-state index contributed by atoms with van der Waals surface area (Å²) < 4.78 is 25.3. The van der Waals surface area contributed by atoms with Crippen molar-refractivity contribution in [3.63, 3.8) is 0 Å². The van der Waals surface area contributed by atoms with Gasteiger partial charge in [0.1, 0.15) is 11.9 Å². The van der Waals surface area contributed by atoms with E-state index in [1.807, 2.05) is 0 Å². The molecule has 41 heavy (non-hydrogen) atoms. The molecule has 0 radical (unpaired) electrons. The number of guanidine groups is 1. The zero-order chi connectivity index (χ0) is 29.4. The summed E-state index contributed by atoms with van der Waals surface area (Å²) in [5.74, 6) is -0.720. The van der Waals surface area contributed by atoms with Crippen LogP contribution in [-0.4, -0.2) is 63.6 Å². The number of methoxy groups -OCH3 is 2. The van der Waals surface area contributed by atoms with Gasteiger partial charge in [-0.05, 0) is 52.9 Å². The molecule has 0 spiro atoms. The number of ether oxygens (including phenoxy) is 2. The fraction of sp³-hybridized carbons (Fsp3) is 0.429. The van der Waals surface area contributed by atoms with Crippen LogP contribution >= 0.6 is 0 Å². The first-order valence-electron chi connectivity index (χ1n) is 13.5. The number of nitrogens with two attached hydrogens (primary N) is 1. The van der Waals surface area contributed by atoms with Gasteiger partial charge in [-0.3, -0.25) is 19.9 Å². The lowest BCUT2D eigenvalue weighted by atomic mass is 9.84. The number of hydrogen-bond donors (Lipinski definition) is 4. The van der Waals surface area contributed by atoms with Gasteiger partial charge in [0, 0.05) is 6.54 Å². The van der Waals surface area contributed by atoms with Crippen LogP contribution in [0.5, 0.6) is 11.5 Å². The second-order valence-corrected chi connectivity index (χ2v) is 10.0. The van der Waals surface area contributed by atoms with E-state index < -0.39 is 29.6 Å². The molecule has 0 unspecified atom stereocenters. The van der Waals surface area contributed by atoms with Crippen molar-refractivity contribution in [1.29, 1.82) is 5.41 Å². The van der Waals surface area contributed by atoms with Gasteiger partial charge in [0.15, 0.2) is 17.5 Å². The van der Waals surface area contributed by atoms with Crippen LogP contribution in [0.3, 0.4) is 0 Å². The predicted octanol–water partition coefficient (Wildman–Crippen LogP) is 2.94. The van der Waals surface area contributed by atoms with E-state index in [-0.39, 0.29) is 30.3 Å². The summed E-state index contributed by atoms with van der Waals surface area (Å²) >= 11 is 0. The highest BCUT2D eigenvalue weighted by Gasteiger charge is 2.34. The number of H-pyrrole nitrogens is 1. The molecule has 12 nitrogen and oxygen atoms in total. The molecule has 3 aromatic rings. The van der Waals surface area contributed by atoms with E-state index in [1.54, 1.807) is 24.3 Å². The summed E-state index contributed by atoms with van der Waals surface area (Å²) in [6.45, 7) is 0.0130. The fourth-order valence-electron chi connectivity index (χ4n) is 5.23. The van der Waals surface area contributed by atoms with Crippen LogP contribution in [0.15, 0.2) is 36.4 Å². The minimum absolute atomic E-state index is 0.0130. The van der Waals surface area contributed by atoms with Crippen molar-refractivity contribution in [1.82, 2.24) is 30.8 Å². The molecule has 0 saturated heterocycles. The van der Waals surface area contributed by atoms with E-state index in [9.17, 15) is 14.0 Å². The molecule has 5 N–H and O–H groups in total. The molecule has 1 heterocycles. The molecule has 1 aliphatic carbocycles. The molecule has 2 amide bonds. The lowest BCUT2D eigenvalue weighted by Crippen LogP contribution is -2.55. The van der Waals surface area contributed by atoms with Crippen LogP contribution in [0, 0.1) is 17.1 Å². The molecule has 218 valence electrons. The third-order valence-corrected chi connectivity index (χ3v) is 7.31. The second kappa shape index (κ2) is 13.7. The number of carbonyl (C=O) groups is 2. The molecule has 1 aliphatic rings. The number of nitrogens with zero attached hydrogens (tertiary/aromatic N) is 4. The first-order valence-corrected chi connectivity index (χ1v) is 13.5. The van der Waals surface area contributed by atoms with Gasteiger partial charge in [-0.25, -0.2) is 4.39 Å². The Morgan fingerprint density at radius 1 is 1.12 bits per heavy atom. The second-order valence-electron chi connectivity index (χ2n) is 10.0. The van der Waals surface area contributed by atoms with E-state index in [1.165, 1.54) is 26.4 Å². The molecule has 1 fully saturated rings. The summed E-state index contributed by atoms with van der Waals surface area (Å²) in [5, 5.41) is 24.4. The van der Waals surface area contributed by atoms with Crippen molar-refractivity contribution in [2.75, 3.05) is 14.2 Å². The SMILES string of the molecule is COc1ccc(CC(=O)N(C(=N)N)[C@H](CC2CCCCC2)C(=O)NCc2ccc(-c3nn[nH]n3)c(F)c2)cc1OC. The first-order chi connectivity index (χ1) is 19.8. The highest BCUT2D eigenvalue weighted by molar-refractivity contribution is 6.00. The van der Waals surface area contributed by atoms with E-state index in [0.29, 0.717) is 29.0 Å². The number of aromatic nitrogens is 4. The molecule has 1 aromatic heterocycles. The normalized spacial score (nSPS) is 14.2. The Labute approximate surface area is 237 Å². The Kier molecular flexibility index (Phi) is 9.82. The molecular formula is C28H35FN8O4. The third kappa shape index (κ3) is 7.35. The zero-order valence-electron chi connectivity index (χ0n) is 23.2. The van der Waals surface area contributed by atoms with E-state index in [2.05, 4.69) is 25.9 Å². The average Bonchev–Trinajstić information content (AvgIpc) is 3.50. The van der Waals surface area contributed by atoms with Crippen molar-refractivity contribution in [2.24, 2.45) is 11.7 Å². The summed E-state index contributed by atoms with van der Waals surface area (Å²) in [6.07, 6.45) is 5.36. The Morgan fingerprint density at radius 2 is 1.85 bits per heavy atom.